The van der Waals surface area contributed by atoms with E-state index < -0.39 is 23.9 Å². The molecule has 2 amide bonds. The van der Waals surface area contributed by atoms with Gasteiger partial charge in [-0.05, 0) is 44.0 Å². The molecule has 0 saturated heterocycles. The number of rotatable bonds is 5. The van der Waals surface area contributed by atoms with Gasteiger partial charge < -0.3 is 15.2 Å². The second kappa shape index (κ2) is 8.14. The number of carboxylic acids is 1. The summed E-state index contributed by atoms with van der Waals surface area (Å²) in [6, 6.07) is 6.52. The molecule has 7 nitrogen and oxygen atoms in total. The number of aliphatic carboxylic acids is 1. The molecule has 0 bridgehead atoms. The number of hydrogen-bond donors (Lipinski definition) is 3. The van der Waals surface area contributed by atoms with E-state index in [2.05, 4.69) is 10.6 Å². The Kier molecular flexibility index (Phi) is 5.95. The molecular formula is C17H20N2O5. The highest BCUT2D eigenvalue weighted by Gasteiger charge is 2.33. The predicted octanol–water partition coefficient (Wildman–Crippen LogP) is 2.86. The highest BCUT2D eigenvalue weighted by atomic mass is 16.5. The SMILES string of the molecule is CCOC(=O)Nc1ccc(NC(=O)[C@H]2CC=CC[C@@H]2C(=O)O)cc1. The summed E-state index contributed by atoms with van der Waals surface area (Å²) >= 11 is 0. The lowest BCUT2D eigenvalue weighted by Crippen LogP contribution is -2.34. The van der Waals surface area contributed by atoms with Crippen LogP contribution in [0.5, 0.6) is 0 Å². The van der Waals surface area contributed by atoms with Crippen molar-refractivity contribution in [2.45, 2.75) is 19.8 Å². The van der Waals surface area contributed by atoms with Gasteiger partial charge in [-0.3, -0.25) is 14.9 Å². The summed E-state index contributed by atoms with van der Waals surface area (Å²) in [7, 11) is 0. The molecule has 0 fully saturated rings. The van der Waals surface area contributed by atoms with Crippen LogP contribution in [0.4, 0.5) is 16.2 Å². The molecule has 0 aliphatic heterocycles. The Bertz CT molecular complexity index is 639. The lowest BCUT2D eigenvalue weighted by molar-refractivity contribution is -0.146. The molecule has 7 heteroatoms. The number of carbonyl (C=O) groups is 3. The van der Waals surface area contributed by atoms with Gasteiger partial charge in [0.15, 0.2) is 0 Å². The normalized spacial score (nSPS) is 19.4. The Labute approximate surface area is 139 Å². The van der Waals surface area contributed by atoms with Crippen LogP contribution < -0.4 is 10.6 Å². The van der Waals surface area contributed by atoms with Gasteiger partial charge in [-0.15, -0.1) is 0 Å². The molecule has 24 heavy (non-hydrogen) atoms. The summed E-state index contributed by atoms with van der Waals surface area (Å²) in [6.07, 6.45) is 3.84. The Morgan fingerprint density at radius 3 is 2.12 bits per heavy atom. The van der Waals surface area contributed by atoms with Gasteiger partial charge in [0.1, 0.15) is 0 Å². The van der Waals surface area contributed by atoms with Crippen LogP contribution in [0.2, 0.25) is 0 Å². The summed E-state index contributed by atoms with van der Waals surface area (Å²) in [5, 5.41) is 14.5. The summed E-state index contributed by atoms with van der Waals surface area (Å²) < 4.78 is 4.77. The van der Waals surface area contributed by atoms with E-state index in [9.17, 15) is 19.5 Å². The van der Waals surface area contributed by atoms with Gasteiger partial charge in [0.25, 0.3) is 0 Å². The number of ether oxygens (including phenoxy) is 1. The van der Waals surface area contributed by atoms with Crippen LogP contribution >= 0.6 is 0 Å². The van der Waals surface area contributed by atoms with E-state index >= 15 is 0 Å². The zero-order valence-corrected chi connectivity index (χ0v) is 13.3. The van der Waals surface area contributed by atoms with Crippen LogP contribution in [0.15, 0.2) is 36.4 Å². The maximum atomic E-state index is 12.3. The molecule has 128 valence electrons. The minimum Gasteiger partial charge on any atom is -0.481 e. The molecule has 0 heterocycles. The molecule has 0 saturated carbocycles. The van der Waals surface area contributed by atoms with Crippen molar-refractivity contribution >= 4 is 29.3 Å². The average molecular weight is 332 g/mol. The van der Waals surface area contributed by atoms with Crippen molar-refractivity contribution in [1.82, 2.24) is 0 Å². The fourth-order valence-corrected chi connectivity index (χ4v) is 2.53. The first-order chi connectivity index (χ1) is 11.5. The summed E-state index contributed by atoms with van der Waals surface area (Å²) in [4.78, 5) is 34.9. The van der Waals surface area contributed by atoms with Crippen LogP contribution in [0, 0.1) is 11.8 Å². The van der Waals surface area contributed by atoms with Crippen molar-refractivity contribution in [2.24, 2.45) is 11.8 Å². The first-order valence-corrected chi connectivity index (χ1v) is 7.73. The van der Waals surface area contributed by atoms with E-state index in [1.54, 1.807) is 37.3 Å². The Morgan fingerprint density at radius 2 is 1.58 bits per heavy atom. The van der Waals surface area contributed by atoms with Crippen molar-refractivity contribution in [2.75, 3.05) is 17.2 Å². The smallest absolute Gasteiger partial charge is 0.411 e. The molecule has 0 radical (unpaired) electrons. The molecular weight excluding hydrogens is 312 g/mol. The topological polar surface area (TPSA) is 105 Å². The van der Waals surface area contributed by atoms with E-state index in [-0.39, 0.29) is 12.5 Å². The molecule has 1 aromatic rings. The van der Waals surface area contributed by atoms with Crippen molar-refractivity contribution in [3.05, 3.63) is 36.4 Å². The third-order valence-corrected chi connectivity index (χ3v) is 3.76. The van der Waals surface area contributed by atoms with Crippen LogP contribution in [-0.4, -0.2) is 29.7 Å². The van der Waals surface area contributed by atoms with Crippen LogP contribution in [0.3, 0.4) is 0 Å². The molecule has 0 aromatic heterocycles. The largest absolute Gasteiger partial charge is 0.481 e. The molecule has 0 spiro atoms. The zero-order valence-electron chi connectivity index (χ0n) is 13.3. The summed E-state index contributed by atoms with van der Waals surface area (Å²) in [6.45, 7) is 1.99. The van der Waals surface area contributed by atoms with Crippen molar-refractivity contribution < 1.29 is 24.2 Å². The average Bonchev–Trinajstić information content (AvgIpc) is 2.56. The Hall–Kier alpha value is -2.83. The number of amides is 2. The first kappa shape index (κ1) is 17.5. The van der Waals surface area contributed by atoms with E-state index in [4.69, 9.17) is 4.74 Å². The summed E-state index contributed by atoms with van der Waals surface area (Å²) in [5.41, 5.74) is 1.07. The quantitative estimate of drug-likeness (QED) is 0.719. The zero-order chi connectivity index (χ0) is 17.5. The summed E-state index contributed by atoms with van der Waals surface area (Å²) in [5.74, 6) is -2.59. The number of anilines is 2. The van der Waals surface area contributed by atoms with Crippen molar-refractivity contribution in [1.29, 1.82) is 0 Å². The maximum absolute atomic E-state index is 12.3. The third kappa shape index (κ3) is 4.58. The van der Waals surface area contributed by atoms with E-state index in [1.807, 2.05) is 6.08 Å². The number of nitrogens with one attached hydrogen (secondary N) is 2. The second-order valence-electron chi connectivity index (χ2n) is 5.41. The van der Waals surface area contributed by atoms with Gasteiger partial charge in [0, 0.05) is 11.4 Å². The van der Waals surface area contributed by atoms with Crippen LogP contribution in [0.25, 0.3) is 0 Å². The van der Waals surface area contributed by atoms with Gasteiger partial charge in [-0.25, -0.2) is 4.79 Å². The van der Waals surface area contributed by atoms with Gasteiger partial charge in [0.05, 0.1) is 18.4 Å². The monoisotopic (exact) mass is 332 g/mol. The number of carbonyl (C=O) groups excluding carboxylic acids is 2. The first-order valence-electron chi connectivity index (χ1n) is 7.73. The van der Waals surface area contributed by atoms with Gasteiger partial charge in [0.2, 0.25) is 5.91 Å². The second-order valence-corrected chi connectivity index (χ2v) is 5.41. The molecule has 3 N–H and O–H groups in total. The Morgan fingerprint density at radius 1 is 1.04 bits per heavy atom. The Balaban J connectivity index is 1.97. The van der Waals surface area contributed by atoms with Gasteiger partial charge in [-0.1, -0.05) is 12.2 Å². The minimum atomic E-state index is -0.964. The maximum Gasteiger partial charge on any atom is 0.411 e. The van der Waals surface area contributed by atoms with Crippen LogP contribution in [-0.2, 0) is 14.3 Å². The number of hydrogen-bond acceptors (Lipinski definition) is 4. The lowest BCUT2D eigenvalue weighted by atomic mass is 9.82. The molecule has 1 aliphatic rings. The molecule has 1 aliphatic carbocycles. The van der Waals surface area contributed by atoms with E-state index in [0.29, 0.717) is 24.2 Å². The highest BCUT2D eigenvalue weighted by Crippen LogP contribution is 2.27. The molecule has 1 aromatic carbocycles. The third-order valence-electron chi connectivity index (χ3n) is 3.76. The molecule has 2 atom stereocenters. The highest BCUT2D eigenvalue weighted by molar-refractivity contribution is 5.95. The van der Waals surface area contributed by atoms with E-state index in [0.717, 1.165) is 0 Å². The minimum absolute atomic E-state index is 0.278. The predicted molar refractivity (Wildman–Crippen MR) is 88.7 cm³/mol. The van der Waals surface area contributed by atoms with Crippen molar-refractivity contribution in [3.63, 3.8) is 0 Å². The fourth-order valence-electron chi connectivity index (χ4n) is 2.53. The van der Waals surface area contributed by atoms with Gasteiger partial charge >= 0.3 is 12.1 Å². The molecule has 0 unspecified atom stereocenters. The number of benzene rings is 1. The van der Waals surface area contributed by atoms with Gasteiger partial charge in [-0.2, -0.15) is 0 Å². The molecule has 2 rings (SSSR count). The van der Waals surface area contributed by atoms with Crippen molar-refractivity contribution in [3.8, 4) is 0 Å². The fraction of sp³-hybridized carbons (Fsp3) is 0.353. The standard InChI is InChI=1S/C17H20N2O5/c1-2-24-17(23)19-12-9-7-11(8-10-12)18-15(20)13-5-3-4-6-14(13)16(21)22/h3-4,7-10,13-14H,2,5-6H2,1H3,(H,18,20)(H,19,23)(H,21,22)/t13-,14-/m0/s1. The number of allylic oxidation sites excluding steroid dienone is 2. The number of carboxylic acid groups (broad SMARTS) is 1. The van der Waals surface area contributed by atoms with Crippen LogP contribution in [0.1, 0.15) is 19.8 Å². The van der Waals surface area contributed by atoms with E-state index in [1.165, 1.54) is 0 Å². The lowest BCUT2D eigenvalue weighted by Gasteiger charge is -2.24.